The highest BCUT2D eigenvalue weighted by molar-refractivity contribution is 5.97. The minimum atomic E-state index is -0.0830. The Morgan fingerprint density at radius 1 is 1.29 bits per heavy atom. The Morgan fingerprint density at radius 3 is 2.47 bits per heavy atom. The third kappa shape index (κ3) is 2.14. The van der Waals surface area contributed by atoms with Crippen molar-refractivity contribution in [2.24, 2.45) is 0 Å². The number of rotatable bonds is 0. The molecular weight excluding hydrogens is 212 g/mol. The van der Waals surface area contributed by atoms with Gasteiger partial charge in [0, 0.05) is 19.0 Å². The van der Waals surface area contributed by atoms with Gasteiger partial charge in [0.1, 0.15) is 0 Å². The molecular formula is C14H20N2O. The summed E-state index contributed by atoms with van der Waals surface area (Å²) in [5.41, 5.74) is 4.44. The van der Waals surface area contributed by atoms with Gasteiger partial charge in [-0.3, -0.25) is 4.79 Å². The third-order valence-electron chi connectivity index (χ3n) is 3.31. The molecule has 1 heterocycles. The number of amides is 1. The van der Waals surface area contributed by atoms with Crippen LogP contribution in [0.5, 0.6) is 0 Å². The number of benzene rings is 1. The molecule has 2 rings (SSSR count). The zero-order valence-electron chi connectivity index (χ0n) is 11.2. The van der Waals surface area contributed by atoms with E-state index in [1.54, 1.807) is 6.92 Å². The standard InChI is InChI=1S/C14H20N2O/c1-9-6-12-13(7-10(9)2)16(11(3)17)8-14(4,5)15-12/h6-7,15H,8H2,1-5H3. The number of carbonyl (C=O) groups is 1. The summed E-state index contributed by atoms with van der Waals surface area (Å²) >= 11 is 0. The van der Waals surface area contributed by atoms with Crippen molar-refractivity contribution >= 4 is 17.3 Å². The number of nitrogens with zero attached hydrogens (tertiary/aromatic N) is 1. The Morgan fingerprint density at radius 2 is 1.88 bits per heavy atom. The molecule has 0 aliphatic carbocycles. The Kier molecular flexibility index (Phi) is 2.64. The van der Waals surface area contributed by atoms with Crippen molar-refractivity contribution in [3.05, 3.63) is 23.3 Å². The second-order valence-electron chi connectivity index (χ2n) is 5.57. The normalized spacial score (nSPS) is 17.4. The topological polar surface area (TPSA) is 32.3 Å². The summed E-state index contributed by atoms with van der Waals surface area (Å²) in [6, 6.07) is 4.22. The van der Waals surface area contributed by atoms with Crippen LogP contribution in [0, 0.1) is 13.8 Å². The number of nitrogens with one attached hydrogen (secondary N) is 1. The van der Waals surface area contributed by atoms with Crippen LogP contribution < -0.4 is 10.2 Å². The Balaban J connectivity index is 2.56. The SMILES string of the molecule is CC(=O)N1CC(C)(C)Nc2cc(C)c(C)cc21. The van der Waals surface area contributed by atoms with Crippen molar-refractivity contribution in [3.8, 4) is 0 Å². The number of hydrogen-bond acceptors (Lipinski definition) is 2. The summed E-state index contributed by atoms with van der Waals surface area (Å²) in [6.07, 6.45) is 0. The predicted molar refractivity (Wildman–Crippen MR) is 71.6 cm³/mol. The van der Waals surface area contributed by atoms with Gasteiger partial charge in [-0.15, -0.1) is 0 Å². The minimum absolute atomic E-state index is 0.0830. The van der Waals surface area contributed by atoms with Gasteiger partial charge in [-0.2, -0.15) is 0 Å². The summed E-state index contributed by atoms with van der Waals surface area (Å²) < 4.78 is 0. The first kappa shape index (κ1) is 12.0. The van der Waals surface area contributed by atoms with Gasteiger partial charge in [0.25, 0.3) is 0 Å². The Bertz CT molecular complexity index is 477. The highest BCUT2D eigenvalue weighted by atomic mass is 16.2. The monoisotopic (exact) mass is 232 g/mol. The fourth-order valence-corrected chi connectivity index (χ4v) is 2.29. The fourth-order valence-electron chi connectivity index (χ4n) is 2.29. The molecule has 0 unspecified atom stereocenters. The van der Waals surface area contributed by atoms with Crippen LogP contribution in [0.2, 0.25) is 0 Å². The first-order valence-corrected chi connectivity index (χ1v) is 5.98. The van der Waals surface area contributed by atoms with Gasteiger partial charge in [-0.1, -0.05) is 0 Å². The van der Waals surface area contributed by atoms with Gasteiger partial charge < -0.3 is 10.2 Å². The molecule has 1 N–H and O–H groups in total. The Labute approximate surface area is 103 Å². The second-order valence-corrected chi connectivity index (χ2v) is 5.57. The zero-order chi connectivity index (χ0) is 12.8. The molecule has 3 heteroatoms. The van der Waals surface area contributed by atoms with Crippen molar-refractivity contribution in [1.82, 2.24) is 0 Å². The molecule has 1 aromatic carbocycles. The average molecular weight is 232 g/mol. The van der Waals surface area contributed by atoms with Crippen LogP contribution >= 0.6 is 0 Å². The second kappa shape index (κ2) is 3.76. The third-order valence-corrected chi connectivity index (χ3v) is 3.31. The van der Waals surface area contributed by atoms with Crippen LogP contribution in [-0.4, -0.2) is 18.0 Å². The lowest BCUT2D eigenvalue weighted by atomic mass is 9.97. The van der Waals surface area contributed by atoms with E-state index in [2.05, 4.69) is 45.1 Å². The molecule has 0 saturated heterocycles. The number of aryl methyl sites for hydroxylation is 2. The van der Waals surface area contributed by atoms with E-state index in [-0.39, 0.29) is 11.4 Å². The molecule has 3 nitrogen and oxygen atoms in total. The summed E-state index contributed by atoms with van der Waals surface area (Å²) in [4.78, 5) is 13.6. The van der Waals surface area contributed by atoms with E-state index in [1.165, 1.54) is 11.1 Å². The van der Waals surface area contributed by atoms with Crippen LogP contribution in [-0.2, 0) is 4.79 Å². The van der Waals surface area contributed by atoms with Gasteiger partial charge in [0.05, 0.1) is 11.4 Å². The summed E-state index contributed by atoms with van der Waals surface area (Å²) in [6.45, 7) is 10.7. The van der Waals surface area contributed by atoms with Crippen LogP contribution in [0.1, 0.15) is 31.9 Å². The molecule has 1 aromatic rings. The molecule has 1 aliphatic rings. The van der Waals surface area contributed by atoms with Gasteiger partial charge in [-0.05, 0) is 51.0 Å². The molecule has 0 atom stereocenters. The summed E-state index contributed by atoms with van der Waals surface area (Å²) in [7, 11) is 0. The first-order chi connectivity index (χ1) is 7.80. The number of carbonyl (C=O) groups excluding carboxylic acids is 1. The Hall–Kier alpha value is -1.51. The molecule has 17 heavy (non-hydrogen) atoms. The molecule has 0 bridgehead atoms. The molecule has 1 amide bonds. The van der Waals surface area contributed by atoms with E-state index in [4.69, 9.17) is 0 Å². The van der Waals surface area contributed by atoms with E-state index in [0.717, 1.165) is 11.4 Å². The quantitative estimate of drug-likeness (QED) is 0.746. The van der Waals surface area contributed by atoms with Gasteiger partial charge in [0.2, 0.25) is 5.91 Å². The predicted octanol–water partition coefficient (Wildman–Crippen LogP) is 2.86. The number of anilines is 2. The molecule has 92 valence electrons. The van der Waals surface area contributed by atoms with E-state index in [0.29, 0.717) is 6.54 Å². The first-order valence-electron chi connectivity index (χ1n) is 5.98. The number of hydrogen-bond donors (Lipinski definition) is 1. The molecule has 0 radical (unpaired) electrons. The van der Waals surface area contributed by atoms with Crippen molar-refractivity contribution < 1.29 is 4.79 Å². The van der Waals surface area contributed by atoms with Crippen LogP contribution in [0.3, 0.4) is 0 Å². The maximum Gasteiger partial charge on any atom is 0.224 e. The maximum absolute atomic E-state index is 11.7. The van der Waals surface area contributed by atoms with E-state index >= 15 is 0 Å². The van der Waals surface area contributed by atoms with E-state index in [1.807, 2.05) is 4.90 Å². The van der Waals surface area contributed by atoms with Gasteiger partial charge >= 0.3 is 0 Å². The van der Waals surface area contributed by atoms with E-state index in [9.17, 15) is 4.79 Å². The van der Waals surface area contributed by atoms with Crippen LogP contribution in [0.25, 0.3) is 0 Å². The van der Waals surface area contributed by atoms with Gasteiger partial charge in [-0.25, -0.2) is 0 Å². The lowest BCUT2D eigenvalue weighted by Gasteiger charge is -2.41. The summed E-state index contributed by atoms with van der Waals surface area (Å²) in [5, 5.41) is 3.50. The molecule has 0 aromatic heterocycles. The highest BCUT2D eigenvalue weighted by Gasteiger charge is 2.31. The van der Waals surface area contributed by atoms with Crippen molar-refractivity contribution in [2.75, 3.05) is 16.8 Å². The van der Waals surface area contributed by atoms with Crippen molar-refractivity contribution in [3.63, 3.8) is 0 Å². The molecule has 0 saturated carbocycles. The molecule has 0 spiro atoms. The van der Waals surface area contributed by atoms with Crippen molar-refractivity contribution in [1.29, 1.82) is 0 Å². The smallest absolute Gasteiger partial charge is 0.224 e. The van der Waals surface area contributed by atoms with Crippen LogP contribution in [0.4, 0.5) is 11.4 Å². The van der Waals surface area contributed by atoms with Crippen LogP contribution in [0.15, 0.2) is 12.1 Å². The fraction of sp³-hybridized carbons (Fsp3) is 0.500. The maximum atomic E-state index is 11.7. The largest absolute Gasteiger partial charge is 0.377 e. The van der Waals surface area contributed by atoms with Crippen molar-refractivity contribution in [2.45, 2.75) is 40.2 Å². The minimum Gasteiger partial charge on any atom is -0.377 e. The lowest BCUT2D eigenvalue weighted by Crippen LogP contribution is -2.50. The molecule has 1 aliphatic heterocycles. The van der Waals surface area contributed by atoms with E-state index < -0.39 is 0 Å². The summed E-state index contributed by atoms with van der Waals surface area (Å²) in [5.74, 6) is 0.101. The average Bonchev–Trinajstić information content (AvgIpc) is 2.18. The zero-order valence-corrected chi connectivity index (χ0v) is 11.2. The highest BCUT2D eigenvalue weighted by Crippen LogP contribution is 2.36. The molecule has 0 fully saturated rings. The number of fused-ring (bicyclic) bond motifs is 1. The van der Waals surface area contributed by atoms with Gasteiger partial charge in [0.15, 0.2) is 0 Å². The lowest BCUT2D eigenvalue weighted by molar-refractivity contribution is -0.116.